The van der Waals surface area contributed by atoms with Gasteiger partial charge in [-0.25, -0.2) is 4.98 Å². The van der Waals surface area contributed by atoms with Crippen LogP contribution in [0.1, 0.15) is 22.5 Å². The average Bonchev–Trinajstić information content (AvgIpc) is 3.20. The monoisotopic (exact) mass is 497 g/mol. The Kier molecular flexibility index (Phi) is 6.80. The van der Waals surface area contributed by atoms with Gasteiger partial charge in [0.05, 0.1) is 28.7 Å². The van der Waals surface area contributed by atoms with Crippen LogP contribution in [0.25, 0.3) is 22.7 Å². The number of halogens is 3. The summed E-state index contributed by atoms with van der Waals surface area (Å²) >= 11 is 18.7. The van der Waals surface area contributed by atoms with E-state index < -0.39 is 0 Å². The fourth-order valence-corrected chi connectivity index (χ4v) is 4.06. The van der Waals surface area contributed by atoms with E-state index in [-0.39, 0.29) is 6.61 Å². The molecule has 0 saturated heterocycles. The molecule has 1 heterocycles. The molecular formula is C25H18Cl3N3O2. The maximum atomic E-state index is 9.74. The van der Waals surface area contributed by atoms with E-state index in [9.17, 15) is 5.26 Å². The molecule has 4 rings (SSSR count). The van der Waals surface area contributed by atoms with Crippen LogP contribution in [-0.2, 0) is 6.61 Å². The number of aromatic nitrogens is 2. The van der Waals surface area contributed by atoms with Crippen LogP contribution in [-0.4, -0.2) is 17.1 Å². The first-order chi connectivity index (χ1) is 15.9. The molecule has 0 unspecified atom stereocenters. The number of nitrogens with one attached hydrogen (secondary N) is 1. The molecule has 0 saturated carbocycles. The molecule has 0 aliphatic heterocycles. The molecule has 0 amide bonds. The number of hydrogen-bond acceptors (Lipinski definition) is 4. The van der Waals surface area contributed by atoms with Gasteiger partial charge >= 0.3 is 0 Å². The molecule has 33 heavy (non-hydrogen) atoms. The van der Waals surface area contributed by atoms with Gasteiger partial charge in [-0.05, 0) is 60.5 Å². The number of H-pyrrole nitrogens is 1. The van der Waals surface area contributed by atoms with E-state index in [2.05, 4.69) is 16.0 Å². The second kappa shape index (κ2) is 9.76. The van der Waals surface area contributed by atoms with Gasteiger partial charge in [0.1, 0.15) is 18.5 Å². The van der Waals surface area contributed by atoms with Crippen molar-refractivity contribution in [3.05, 3.63) is 86.1 Å². The van der Waals surface area contributed by atoms with E-state index in [0.29, 0.717) is 43.5 Å². The molecule has 8 heteroatoms. The normalized spacial score (nSPS) is 11.5. The fraction of sp³-hybridized carbons (Fsp3) is 0.120. The summed E-state index contributed by atoms with van der Waals surface area (Å²) in [6, 6.07) is 16.7. The third kappa shape index (κ3) is 5.09. The molecular weight excluding hydrogens is 481 g/mol. The highest BCUT2D eigenvalue weighted by Crippen LogP contribution is 2.38. The van der Waals surface area contributed by atoms with Gasteiger partial charge in [0.2, 0.25) is 0 Å². The number of methoxy groups -OCH3 is 1. The van der Waals surface area contributed by atoms with Crippen LogP contribution in [0.3, 0.4) is 0 Å². The van der Waals surface area contributed by atoms with Crippen molar-refractivity contribution >= 4 is 57.5 Å². The lowest BCUT2D eigenvalue weighted by atomic mass is 10.1. The molecule has 4 aromatic rings. The van der Waals surface area contributed by atoms with Gasteiger partial charge in [-0.1, -0.05) is 46.9 Å². The molecule has 1 N–H and O–H groups in total. The molecule has 0 atom stereocenters. The Hall–Kier alpha value is -3.17. The first-order valence-corrected chi connectivity index (χ1v) is 11.0. The zero-order chi connectivity index (χ0) is 23.5. The fourth-order valence-electron chi connectivity index (χ4n) is 3.32. The predicted octanol–water partition coefficient (Wildman–Crippen LogP) is 7.48. The zero-order valence-electron chi connectivity index (χ0n) is 17.7. The number of ether oxygens (including phenoxy) is 2. The van der Waals surface area contributed by atoms with Crippen LogP contribution >= 0.6 is 34.8 Å². The molecule has 166 valence electrons. The number of benzene rings is 3. The number of aryl methyl sites for hydroxylation is 1. The van der Waals surface area contributed by atoms with Gasteiger partial charge in [-0.2, -0.15) is 5.26 Å². The molecule has 0 fully saturated rings. The summed E-state index contributed by atoms with van der Waals surface area (Å²) in [6.45, 7) is 2.18. The molecule has 1 aromatic heterocycles. The molecule has 0 aliphatic carbocycles. The maximum absolute atomic E-state index is 9.74. The first-order valence-electron chi connectivity index (χ1n) is 9.90. The summed E-state index contributed by atoms with van der Waals surface area (Å²) in [4.78, 5) is 7.72. The van der Waals surface area contributed by atoms with Gasteiger partial charge < -0.3 is 14.5 Å². The quantitative estimate of drug-likeness (QED) is 0.280. The topological polar surface area (TPSA) is 70.9 Å². The highest BCUT2D eigenvalue weighted by molar-refractivity contribution is 6.35. The lowest BCUT2D eigenvalue weighted by molar-refractivity contribution is 0.285. The van der Waals surface area contributed by atoms with E-state index >= 15 is 0 Å². The van der Waals surface area contributed by atoms with Crippen LogP contribution in [0.5, 0.6) is 11.5 Å². The van der Waals surface area contributed by atoms with Crippen LogP contribution < -0.4 is 9.47 Å². The van der Waals surface area contributed by atoms with E-state index in [4.69, 9.17) is 44.3 Å². The van der Waals surface area contributed by atoms with Gasteiger partial charge in [-0.3, -0.25) is 0 Å². The zero-order valence-corrected chi connectivity index (χ0v) is 20.0. The second-order valence-electron chi connectivity index (χ2n) is 7.33. The third-order valence-electron chi connectivity index (χ3n) is 4.96. The van der Waals surface area contributed by atoms with Crippen molar-refractivity contribution in [1.29, 1.82) is 5.26 Å². The van der Waals surface area contributed by atoms with E-state index in [1.54, 1.807) is 36.4 Å². The van der Waals surface area contributed by atoms with Crippen LogP contribution in [0, 0.1) is 18.3 Å². The van der Waals surface area contributed by atoms with Crippen molar-refractivity contribution in [2.45, 2.75) is 13.5 Å². The molecule has 3 aromatic carbocycles. The summed E-state index contributed by atoms with van der Waals surface area (Å²) in [5.41, 5.74) is 4.55. The SMILES string of the molecule is COc1cc(/C=C(/C#N)c2nc3ccc(C)cc3[nH]2)cc(Cl)c1OCc1ccc(Cl)cc1Cl. The van der Waals surface area contributed by atoms with Gasteiger partial charge in [0.15, 0.2) is 11.5 Å². The van der Waals surface area contributed by atoms with Crippen molar-refractivity contribution in [1.82, 2.24) is 9.97 Å². The summed E-state index contributed by atoms with van der Waals surface area (Å²) in [5, 5.41) is 11.1. The van der Waals surface area contributed by atoms with E-state index in [1.165, 1.54) is 7.11 Å². The Balaban J connectivity index is 1.64. The first kappa shape index (κ1) is 23.0. The van der Waals surface area contributed by atoms with Gasteiger partial charge in [0.25, 0.3) is 0 Å². The molecule has 0 spiro atoms. The number of hydrogen-bond donors (Lipinski definition) is 1. The third-order valence-corrected chi connectivity index (χ3v) is 5.83. The minimum atomic E-state index is 0.184. The number of rotatable bonds is 6. The highest BCUT2D eigenvalue weighted by atomic mass is 35.5. The van der Waals surface area contributed by atoms with Crippen molar-refractivity contribution in [3.8, 4) is 17.6 Å². The standard InChI is InChI=1S/C25H18Cl3N3O2/c1-14-3-6-21-22(7-14)31-25(30-21)17(12-29)8-15-9-20(28)24(23(10-15)32-2)33-13-16-4-5-18(26)11-19(16)27/h3-11H,13H2,1-2H3,(H,30,31)/b17-8-. The maximum Gasteiger partial charge on any atom is 0.180 e. The number of imidazole rings is 1. The minimum Gasteiger partial charge on any atom is -0.493 e. The summed E-state index contributed by atoms with van der Waals surface area (Å²) in [7, 11) is 1.52. The highest BCUT2D eigenvalue weighted by Gasteiger charge is 2.15. The summed E-state index contributed by atoms with van der Waals surface area (Å²) in [5.74, 6) is 1.28. The number of fused-ring (bicyclic) bond motifs is 1. The van der Waals surface area contributed by atoms with Crippen LogP contribution in [0.2, 0.25) is 15.1 Å². The minimum absolute atomic E-state index is 0.184. The molecule has 0 aliphatic rings. The lowest BCUT2D eigenvalue weighted by Crippen LogP contribution is -1.99. The smallest absolute Gasteiger partial charge is 0.180 e. The Labute approximate surface area is 206 Å². The van der Waals surface area contributed by atoms with Crippen LogP contribution in [0.15, 0.2) is 48.5 Å². The number of aromatic amines is 1. The average molecular weight is 499 g/mol. The Bertz CT molecular complexity index is 1420. The van der Waals surface area contributed by atoms with Gasteiger partial charge in [0, 0.05) is 15.6 Å². The van der Waals surface area contributed by atoms with Crippen molar-refractivity contribution in [3.63, 3.8) is 0 Å². The molecule has 0 bridgehead atoms. The second-order valence-corrected chi connectivity index (χ2v) is 8.59. The van der Waals surface area contributed by atoms with E-state index in [1.807, 2.05) is 25.1 Å². The molecule has 0 radical (unpaired) electrons. The predicted molar refractivity (Wildman–Crippen MR) is 133 cm³/mol. The number of allylic oxidation sites excluding steroid dienone is 1. The lowest BCUT2D eigenvalue weighted by Gasteiger charge is -2.14. The summed E-state index contributed by atoms with van der Waals surface area (Å²) in [6.07, 6.45) is 1.69. The van der Waals surface area contributed by atoms with Crippen molar-refractivity contribution in [2.75, 3.05) is 7.11 Å². The van der Waals surface area contributed by atoms with Crippen molar-refractivity contribution in [2.24, 2.45) is 0 Å². The van der Waals surface area contributed by atoms with Gasteiger partial charge in [-0.15, -0.1) is 0 Å². The van der Waals surface area contributed by atoms with E-state index in [0.717, 1.165) is 22.2 Å². The largest absolute Gasteiger partial charge is 0.493 e. The summed E-state index contributed by atoms with van der Waals surface area (Å²) < 4.78 is 11.4. The van der Waals surface area contributed by atoms with Crippen LogP contribution in [0.4, 0.5) is 0 Å². The van der Waals surface area contributed by atoms with Crippen molar-refractivity contribution < 1.29 is 9.47 Å². The Morgan fingerprint density at radius 2 is 1.91 bits per heavy atom. The molecule has 5 nitrogen and oxygen atoms in total. The Morgan fingerprint density at radius 1 is 1.09 bits per heavy atom. The Morgan fingerprint density at radius 3 is 2.64 bits per heavy atom. The number of nitriles is 1. The number of nitrogens with zero attached hydrogens (tertiary/aromatic N) is 2.